The fraction of sp³-hybridized carbons (Fsp3) is 0.286. The van der Waals surface area contributed by atoms with E-state index >= 15 is 0 Å². The Balaban J connectivity index is 1.93. The number of aromatic nitrogens is 3. The summed E-state index contributed by atoms with van der Waals surface area (Å²) in [5, 5.41) is 35.9. The number of rotatable bonds is 13. The van der Waals surface area contributed by atoms with E-state index in [1.54, 1.807) is 0 Å². The number of carbonyl (C=O) groups is 6. The Morgan fingerprint density at radius 3 is 2.08 bits per heavy atom. The molecule has 12 N–H and O–H groups in total. The predicted octanol–water partition coefficient (Wildman–Crippen LogP) is -1.63. The van der Waals surface area contributed by atoms with Crippen LogP contribution in [0, 0.1) is 0 Å². The smallest absolute Gasteiger partial charge is 0.326 e. The van der Waals surface area contributed by atoms with Crippen molar-refractivity contribution in [1.82, 2.24) is 25.6 Å². The Morgan fingerprint density at radius 1 is 0.900 bits per heavy atom. The van der Waals surface area contributed by atoms with Crippen molar-refractivity contribution >= 4 is 58.9 Å². The molecule has 0 spiro atoms. The first-order valence-corrected chi connectivity index (χ1v) is 11.2. The topological polar surface area (TPSA) is 322 Å². The number of hydrogen-bond donors (Lipinski definition) is 10. The van der Waals surface area contributed by atoms with Gasteiger partial charge in [0.15, 0.2) is 11.5 Å². The van der Waals surface area contributed by atoms with Crippen LogP contribution < -0.4 is 38.3 Å². The average Bonchev–Trinajstić information content (AvgIpc) is 2.86. The number of nitrogens with two attached hydrogens (primary N) is 2. The molecular weight excluding hydrogens is 538 g/mol. The lowest BCUT2D eigenvalue weighted by Gasteiger charge is -2.16. The van der Waals surface area contributed by atoms with Gasteiger partial charge in [-0.05, 0) is 25.0 Å². The molecule has 0 unspecified atom stereocenters. The number of carboxylic acid groups (broad SMARTS) is 3. The average molecular weight is 563 g/mol. The molecule has 0 aliphatic carbocycles. The number of nitrogens with zero attached hydrogens (tertiary/aromatic N) is 2. The number of carbonyl (C=O) groups excluding carboxylic acids is 3. The lowest BCUT2D eigenvalue weighted by atomic mass is 10.1. The summed E-state index contributed by atoms with van der Waals surface area (Å²) < 4.78 is 0. The molecule has 0 radical (unpaired) electrons. The minimum Gasteiger partial charge on any atom is -0.481 e. The lowest BCUT2D eigenvalue weighted by Crippen LogP contribution is -2.44. The number of amides is 4. The summed E-state index contributed by atoms with van der Waals surface area (Å²) in [5.74, 6) is -6.56. The summed E-state index contributed by atoms with van der Waals surface area (Å²) in [4.78, 5) is 91.5. The Morgan fingerprint density at radius 2 is 1.52 bits per heavy atom. The first-order valence-electron chi connectivity index (χ1n) is 11.2. The number of nitrogen functional groups attached to an aromatic ring is 2. The monoisotopic (exact) mass is 563 g/mol. The van der Waals surface area contributed by atoms with Crippen molar-refractivity contribution in [3.63, 3.8) is 0 Å². The molecule has 2 heterocycles. The highest BCUT2D eigenvalue weighted by Crippen LogP contribution is 2.12. The van der Waals surface area contributed by atoms with E-state index in [2.05, 4.69) is 36.2 Å². The summed E-state index contributed by atoms with van der Waals surface area (Å²) in [7, 11) is 0. The van der Waals surface area contributed by atoms with Crippen LogP contribution in [0.2, 0.25) is 0 Å². The molecule has 0 aliphatic rings. The molecule has 0 fully saturated rings. The summed E-state index contributed by atoms with van der Waals surface area (Å²) in [5.41, 5.74) is 9.57. The van der Waals surface area contributed by atoms with Gasteiger partial charge in [-0.2, -0.15) is 4.98 Å². The second-order valence-electron chi connectivity index (χ2n) is 8.02. The molecule has 40 heavy (non-hydrogen) atoms. The Labute approximate surface area is 223 Å². The predicted molar refractivity (Wildman–Crippen MR) is 135 cm³/mol. The van der Waals surface area contributed by atoms with Gasteiger partial charge in [-0.25, -0.2) is 19.4 Å². The van der Waals surface area contributed by atoms with Crippen LogP contribution in [0.3, 0.4) is 0 Å². The van der Waals surface area contributed by atoms with E-state index in [1.807, 2.05) is 0 Å². The summed E-state index contributed by atoms with van der Waals surface area (Å²) >= 11 is 0. The van der Waals surface area contributed by atoms with Gasteiger partial charge in [-0.3, -0.25) is 29.5 Å². The molecule has 0 saturated carbocycles. The number of urea groups is 1. The zero-order valence-electron chi connectivity index (χ0n) is 20.5. The van der Waals surface area contributed by atoms with Gasteiger partial charge in [-0.1, -0.05) is 0 Å². The Kier molecular flexibility index (Phi) is 10.4. The normalized spacial score (nSPS) is 11.9. The third-order valence-electron chi connectivity index (χ3n) is 5.00. The fourth-order valence-corrected chi connectivity index (χ4v) is 3.06. The molecule has 2 rings (SSSR count). The molecule has 0 aliphatic heterocycles. The molecule has 2 aromatic rings. The number of nitrogens with one attached hydrogen (secondary N) is 5. The highest BCUT2D eigenvalue weighted by atomic mass is 16.4. The van der Waals surface area contributed by atoms with Gasteiger partial charge in [0.2, 0.25) is 11.9 Å². The SMILES string of the molecule is Nc1nc(N)c(NC(=O)Nc2ccc(C(=O)N[C@@H](CCC(=O)N[C@@H](CCC(=O)O)C(=O)O)C(=O)O)nc2)c(=O)[nH]1. The third kappa shape index (κ3) is 9.28. The van der Waals surface area contributed by atoms with Crippen molar-refractivity contribution in [2.75, 3.05) is 22.1 Å². The van der Waals surface area contributed by atoms with Crippen molar-refractivity contribution in [2.45, 2.75) is 37.8 Å². The lowest BCUT2D eigenvalue weighted by molar-refractivity contribution is -0.143. The highest BCUT2D eigenvalue weighted by Gasteiger charge is 2.25. The van der Waals surface area contributed by atoms with Gasteiger partial charge in [0.25, 0.3) is 11.5 Å². The van der Waals surface area contributed by atoms with Gasteiger partial charge in [0.1, 0.15) is 17.8 Å². The van der Waals surface area contributed by atoms with Crippen LogP contribution in [-0.4, -0.2) is 78.1 Å². The number of aromatic amines is 1. The van der Waals surface area contributed by atoms with Crippen molar-refractivity contribution in [1.29, 1.82) is 0 Å². The number of hydrogen-bond acceptors (Lipinski definition) is 11. The molecule has 19 heteroatoms. The van der Waals surface area contributed by atoms with Crippen molar-refractivity contribution in [3.8, 4) is 0 Å². The van der Waals surface area contributed by atoms with Crippen LogP contribution in [0.4, 0.5) is 27.9 Å². The molecule has 2 aromatic heterocycles. The van der Waals surface area contributed by atoms with E-state index < -0.39 is 72.7 Å². The van der Waals surface area contributed by atoms with Crippen LogP contribution in [0.25, 0.3) is 0 Å². The van der Waals surface area contributed by atoms with Gasteiger partial charge in [0.05, 0.1) is 11.9 Å². The fourth-order valence-electron chi connectivity index (χ4n) is 3.06. The maximum absolute atomic E-state index is 12.5. The molecule has 4 amide bonds. The largest absolute Gasteiger partial charge is 0.481 e. The van der Waals surface area contributed by atoms with Gasteiger partial charge < -0.3 is 42.7 Å². The molecular formula is C21H25N9O10. The molecule has 0 saturated heterocycles. The Hall–Kier alpha value is -5.75. The highest BCUT2D eigenvalue weighted by molar-refractivity contribution is 6.01. The number of carboxylic acids is 3. The quantitative estimate of drug-likeness (QED) is 0.131. The first-order chi connectivity index (χ1) is 18.8. The van der Waals surface area contributed by atoms with Gasteiger partial charge >= 0.3 is 23.9 Å². The van der Waals surface area contributed by atoms with E-state index in [9.17, 15) is 38.7 Å². The number of pyridine rings is 1. The third-order valence-corrected chi connectivity index (χ3v) is 5.00. The van der Waals surface area contributed by atoms with E-state index in [1.165, 1.54) is 6.07 Å². The van der Waals surface area contributed by atoms with Crippen LogP contribution in [0.1, 0.15) is 36.2 Å². The van der Waals surface area contributed by atoms with Crippen LogP contribution >= 0.6 is 0 Å². The zero-order valence-corrected chi connectivity index (χ0v) is 20.5. The molecule has 0 bridgehead atoms. The van der Waals surface area contributed by atoms with Crippen LogP contribution in [0.15, 0.2) is 23.1 Å². The summed E-state index contributed by atoms with van der Waals surface area (Å²) in [6.45, 7) is 0. The van der Waals surface area contributed by atoms with Crippen molar-refractivity contribution in [3.05, 3.63) is 34.4 Å². The van der Waals surface area contributed by atoms with E-state index in [0.29, 0.717) is 0 Å². The van der Waals surface area contributed by atoms with Crippen molar-refractivity contribution < 1.29 is 44.1 Å². The van der Waals surface area contributed by atoms with Crippen LogP contribution in [-0.2, 0) is 19.2 Å². The zero-order chi connectivity index (χ0) is 30.0. The van der Waals surface area contributed by atoms with Gasteiger partial charge in [-0.15, -0.1) is 0 Å². The maximum atomic E-state index is 12.5. The Bertz CT molecular complexity index is 1360. The summed E-state index contributed by atoms with van der Waals surface area (Å²) in [6.07, 6.45) is -0.726. The number of H-pyrrole nitrogens is 1. The second-order valence-corrected chi connectivity index (χ2v) is 8.02. The molecule has 214 valence electrons. The van der Waals surface area contributed by atoms with Crippen LogP contribution in [0.5, 0.6) is 0 Å². The first kappa shape index (κ1) is 30.5. The second kappa shape index (κ2) is 13.7. The standard InChI is InChI=1S/C21H25N9O10/c22-15-14(17(35)30-20(23)29-15)28-21(40)25-8-1-2-9(24-7-8)16(34)27-11(19(38)39)3-5-12(31)26-10(18(36)37)4-6-13(32)33/h1-2,7,10-11H,3-6H2,(H,26,31)(H,27,34)(H,32,33)(H,36,37)(H,38,39)(H2,25,28,40)(H5,22,23,29,30,35)/t10-,11-/m0/s1. The minimum absolute atomic E-state index is 0.0785. The molecule has 0 aromatic carbocycles. The molecule has 19 nitrogen and oxygen atoms in total. The summed E-state index contributed by atoms with van der Waals surface area (Å²) in [6, 6.07) is -1.53. The number of anilines is 4. The number of aliphatic carboxylic acids is 3. The van der Waals surface area contributed by atoms with Crippen molar-refractivity contribution in [2.24, 2.45) is 0 Å². The van der Waals surface area contributed by atoms with E-state index in [4.69, 9.17) is 21.7 Å². The van der Waals surface area contributed by atoms with E-state index in [-0.39, 0.29) is 35.3 Å². The maximum Gasteiger partial charge on any atom is 0.326 e. The molecule has 2 atom stereocenters. The van der Waals surface area contributed by atoms with Gasteiger partial charge in [0, 0.05) is 12.8 Å². The van der Waals surface area contributed by atoms with E-state index in [0.717, 1.165) is 12.3 Å². The minimum atomic E-state index is -1.55.